The van der Waals surface area contributed by atoms with Crippen molar-refractivity contribution in [3.63, 3.8) is 0 Å². The normalized spacial score (nSPS) is 10.5. The summed E-state index contributed by atoms with van der Waals surface area (Å²) < 4.78 is 11.1. The molecule has 1 amide bonds. The van der Waals surface area contributed by atoms with Crippen LogP contribution in [0.1, 0.15) is 35.3 Å². The van der Waals surface area contributed by atoms with E-state index in [0.717, 1.165) is 22.6 Å². The van der Waals surface area contributed by atoms with Crippen LogP contribution in [0.5, 0.6) is 5.75 Å². The van der Waals surface area contributed by atoms with Gasteiger partial charge in [0.1, 0.15) is 5.75 Å². The fourth-order valence-corrected chi connectivity index (χ4v) is 2.53. The number of hydrogen-bond acceptors (Lipinski definition) is 3. The molecule has 0 aliphatic heterocycles. The molecule has 2 rings (SSSR count). The van der Waals surface area contributed by atoms with Crippen molar-refractivity contribution in [2.24, 2.45) is 0 Å². The van der Waals surface area contributed by atoms with Crippen molar-refractivity contribution in [1.29, 1.82) is 0 Å². The lowest BCUT2D eigenvalue weighted by Gasteiger charge is -2.13. The first-order chi connectivity index (χ1) is 11.5. The molecule has 2 aromatic carbocycles. The van der Waals surface area contributed by atoms with Crippen LogP contribution in [0.4, 0.5) is 5.69 Å². The highest BCUT2D eigenvalue weighted by Gasteiger charge is 2.12. The van der Waals surface area contributed by atoms with Crippen molar-refractivity contribution in [1.82, 2.24) is 0 Å². The number of amides is 1. The van der Waals surface area contributed by atoms with Gasteiger partial charge in [0.25, 0.3) is 5.91 Å². The zero-order valence-electron chi connectivity index (χ0n) is 14.2. The molecule has 24 heavy (non-hydrogen) atoms. The molecule has 0 heterocycles. The number of benzene rings is 2. The minimum Gasteiger partial charge on any atom is -0.494 e. The summed E-state index contributed by atoms with van der Waals surface area (Å²) in [6, 6.07) is 10.7. The zero-order valence-corrected chi connectivity index (χ0v) is 14.9. The zero-order chi connectivity index (χ0) is 17.5. The van der Waals surface area contributed by atoms with E-state index in [9.17, 15) is 4.79 Å². The summed E-state index contributed by atoms with van der Waals surface area (Å²) in [5.41, 5.74) is 3.07. The van der Waals surface area contributed by atoms with E-state index in [-0.39, 0.29) is 5.91 Å². The molecule has 0 saturated heterocycles. The van der Waals surface area contributed by atoms with Crippen LogP contribution in [0.15, 0.2) is 36.4 Å². The number of aryl methyl sites for hydroxylation is 1. The number of ether oxygens (including phenoxy) is 2. The molecule has 0 aromatic heterocycles. The molecular weight excluding hydrogens is 326 g/mol. The lowest BCUT2D eigenvalue weighted by Crippen LogP contribution is -2.13. The lowest BCUT2D eigenvalue weighted by atomic mass is 10.1. The van der Waals surface area contributed by atoms with E-state index in [0.29, 0.717) is 30.4 Å². The Labute approximate surface area is 147 Å². The molecule has 5 heteroatoms. The summed E-state index contributed by atoms with van der Waals surface area (Å²) in [5, 5.41) is 3.55. The molecule has 0 atom stereocenters. The number of nitrogens with one attached hydrogen (secondary N) is 1. The van der Waals surface area contributed by atoms with Crippen LogP contribution in [0.3, 0.4) is 0 Å². The maximum atomic E-state index is 12.5. The van der Waals surface area contributed by atoms with Gasteiger partial charge in [-0.2, -0.15) is 0 Å². The van der Waals surface area contributed by atoms with Gasteiger partial charge >= 0.3 is 0 Å². The molecule has 0 spiro atoms. The van der Waals surface area contributed by atoms with Crippen LogP contribution in [0.2, 0.25) is 5.02 Å². The fraction of sp³-hybridized carbons (Fsp3) is 0.316. The maximum absolute atomic E-state index is 12.5. The van der Waals surface area contributed by atoms with Crippen LogP contribution in [-0.4, -0.2) is 19.1 Å². The first-order valence-corrected chi connectivity index (χ1v) is 8.34. The van der Waals surface area contributed by atoms with Crippen LogP contribution in [-0.2, 0) is 11.3 Å². The molecule has 1 N–H and O–H groups in total. The Morgan fingerprint density at radius 2 is 1.92 bits per heavy atom. The van der Waals surface area contributed by atoms with Gasteiger partial charge in [-0.05, 0) is 62.7 Å². The van der Waals surface area contributed by atoms with Crippen LogP contribution >= 0.6 is 11.6 Å². The summed E-state index contributed by atoms with van der Waals surface area (Å²) in [4.78, 5) is 12.5. The van der Waals surface area contributed by atoms with E-state index in [1.807, 2.05) is 32.9 Å². The maximum Gasteiger partial charge on any atom is 0.255 e. The third-order valence-electron chi connectivity index (χ3n) is 3.52. The Morgan fingerprint density at radius 3 is 2.58 bits per heavy atom. The third-order valence-corrected chi connectivity index (χ3v) is 3.76. The smallest absolute Gasteiger partial charge is 0.255 e. The predicted molar refractivity (Wildman–Crippen MR) is 97.1 cm³/mol. The standard InChI is InChI=1S/C19H22ClNO3/c1-4-23-12-15-11-14(6-9-18(15)24-5-2)19(22)21-17-8-7-16(20)10-13(17)3/h6-11H,4-5,12H2,1-3H3,(H,21,22). The largest absolute Gasteiger partial charge is 0.494 e. The molecule has 128 valence electrons. The van der Waals surface area contributed by atoms with Gasteiger partial charge < -0.3 is 14.8 Å². The van der Waals surface area contributed by atoms with Crippen molar-refractivity contribution in [2.45, 2.75) is 27.4 Å². The summed E-state index contributed by atoms with van der Waals surface area (Å²) in [6.07, 6.45) is 0. The number of anilines is 1. The molecule has 0 unspecified atom stereocenters. The second kappa shape index (κ2) is 8.71. The molecule has 0 aliphatic rings. The van der Waals surface area contributed by atoms with E-state index >= 15 is 0 Å². The Morgan fingerprint density at radius 1 is 1.12 bits per heavy atom. The van der Waals surface area contributed by atoms with E-state index in [1.54, 1.807) is 24.3 Å². The SMILES string of the molecule is CCOCc1cc(C(=O)Nc2ccc(Cl)cc2C)ccc1OCC. The van der Waals surface area contributed by atoms with Gasteiger partial charge in [0.15, 0.2) is 0 Å². The molecule has 0 fully saturated rings. The molecule has 0 saturated carbocycles. The number of rotatable bonds is 7. The molecule has 2 aromatic rings. The molecular formula is C19H22ClNO3. The quantitative estimate of drug-likeness (QED) is 0.779. The van der Waals surface area contributed by atoms with E-state index in [1.165, 1.54) is 0 Å². The van der Waals surface area contributed by atoms with Crippen molar-refractivity contribution in [3.8, 4) is 5.75 Å². The van der Waals surface area contributed by atoms with Gasteiger partial charge in [-0.25, -0.2) is 0 Å². The second-order valence-corrected chi connectivity index (χ2v) is 5.74. The first kappa shape index (κ1) is 18.3. The number of carbonyl (C=O) groups excluding carboxylic acids is 1. The molecule has 4 nitrogen and oxygen atoms in total. The van der Waals surface area contributed by atoms with Crippen molar-refractivity contribution in [3.05, 3.63) is 58.1 Å². The van der Waals surface area contributed by atoms with Gasteiger partial charge in [0.2, 0.25) is 0 Å². The first-order valence-electron chi connectivity index (χ1n) is 7.96. The van der Waals surface area contributed by atoms with Gasteiger partial charge in [-0.15, -0.1) is 0 Å². The fourth-order valence-electron chi connectivity index (χ4n) is 2.30. The van der Waals surface area contributed by atoms with Gasteiger partial charge in [0, 0.05) is 28.4 Å². The molecule has 0 aliphatic carbocycles. The van der Waals surface area contributed by atoms with Crippen LogP contribution in [0.25, 0.3) is 0 Å². The van der Waals surface area contributed by atoms with Crippen molar-refractivity contribution in [2.75, 3.05) is 18.5 Å². The summed E-state index contributed by atoms with van der Waals surface area (Å²) in [7, 11) is 0. The number of hydrogen-bond donors (Lipinski definition) is 1. The second-order valence-electron chi connectivity index (χ2n) is 5.31. The Kier molecular flexibility index (Phi) is 6.64. The van der Waals surface area contributed by atoms with Crippen molar-refractivity contribution >= 4 is 23.2 Å². The third kappa shape index (κ3) is 4.73. The van der Waals surface area contributed by atoms with Gasteiger partial charge in [-0.3, -0.25) is 4.79 Å². The summed E-state index contributed by atoms with van der Waals surface area (Å²) in [6.45, 7) is 7.34. The lowest BCUT2D eigenvalue weighted by molar-refractivity contribution is 0.102. The average Bonchev–Trinajstić information content (AvgIpc) is 2.56. The van der Waals surface area contributed by atoms with Crippen LogP contribution < -0.4 is 10.1 Å². The Balaban J connectivity index is 2.21. The Hall–Kier alpha value is -2.04. The molecule has 0 bridgehead atoms. The predicted octanol–water partition coefficient (Wildman–Crippen LogP) is 4.84. The highest BCUT2D eigenvalue weighted by atomic mass is 35.5. The van der Waals surface area contributed by atoms with Crippen LogP contribution in [0, 0.1) is 6.92 Å². The number of halogens is 1. The highest BCUT2D eigenvalue weighted by molar-refractivity contribution is 6.30. The minimum atomic E-state index is -0.179. The number of carbonyl (C=O) groups is 1. The van der Waals surface area contributed by atoms with Gasteiger partial charge in [-0.1, -0.05) is 11.6 Å². The molecule has 0 radical (unpaired) electrons. The Bertz CT molecular complexity index is 716. The summed E-state index contributed by atoms with van der Waals surface area (Å²) in [5.74, 6) is 0.561. The van der Waals surface area contributed by atoms with Gasteiger partial charge in [0.05, 0.1) is 13.2 Å². The van der Waals surface area contributed by atoms with E-state index in [2.05, 4.69) is 5.32 Å². The van der Waals surface area contributed by atoms with E-state index < -0.39 is 0 Å². The average molecular weight is 348 g/mol. The summed E-state index contributed by atoms with van der Waals surface area (Å²) >= 11 is 5.95. The topological polar surface area (TPSA) is 47.6 Å². The van der Waals surface area contributed by atoms with Crippen molar-refractivity contribution < 1.29 is 14.3 Å². The van der Waals surface area contributed by atoms with E-state index in [4.69, 9.17) is 21.1 Å². The highest BCUT2D eigenvalue weighted by Crippen LogP contribution is 2.24. The minimum absolute atomic E-state index is 0.179. The monoisotopic (exact) mass is 347 g/mol.